The van der Waals surface area contributed by atoms with E-state index in [1.54, 1.807) is 36.4 Å². The molecule has 2 amide bonds. The normalized spacial score (nSPS) is 13.5. The first-order chi connectivity index (χ1) is 15.2. The van der Waals surface area contributed by atoms with Crippen molar-refractivity contribution < 1.29 is 18.0 Å². The number of hydrogen-bond donors (Lipinski definition) is 3. The lowest BCUT2D eigenvalue weighted by Gasteiger charge is -2.16. The van der Waals surface area contributed by atoms with Crippen LogP contribution in [-0.4, -0.2) is 26.8 Å². The van der Waals surface area contributed by atoms with Gasteiger partial charge in [-0.25, -0.2) is 13.1 Å². The molecule has 0 radical (unpaired) electrons. The zero-order valence-corrected chi connectivity index (χ0v) is 19.4. The maximum atomic E-state index is 12.6. The van der Waals surface area contributed by atoms with Gasteiger partial charge in [0.25, 0.3) is 0 Å². The molecule has 0 heterocycles. The Hall–Kier alpha value is -2.71. The van der Waals surface area contributed by atoms with E-state index in [1.165, 1.54) is 5.56 Å². The van der Waals surface area contributed by atoms with E-state index in [0.29, 0.717) is 17.8 Å². The van der Waals surface area contributed by atoms with Gasteiger partial charge in [-0.2, -0.15) is 0 Å². The summed E-state index contributed by atoms with van der Waals surface area (Å²) in [4.78, 5) is 24.3. The third-order valence-corrected chi connectivity index (χ3v) is 6.78. The summed E-state index contributed by atoms with van der Waals surface area (Å²) in [6.07, 6.45) is 4.57. The van der Waals surface area contributed by atoms with Crippen LogP contribution in [0.5, 0.6) is 0 Å². The molecule has 32 heavy (non-hydrogen) atoms. The average Bonchev–Trinajstić information content (AvgIpc) is 2.74. The zero-order chi connectivity index (χ0) is 23.1. The van der Waals surface area contributed by atoms with Crippen LogP contribution < -0.4 is 15.4 Å². The van der Waals surface area contributed by atoms with E-state index in [4.69, 9.17) is 0 Å². The van der Waals surface area contributed by atoms with Crippen LogP contribution in [0.1, 0.15) is 50.7 Å². The highest BCUT2D eigenvalue weighted by molar-refractivity contribution is 7.89. The summed E-state index contributed by atoms with van der Waals surface area (Å²) in [7, 11) is -3.66. The van der Waals surface area contributed by atoms with Crippen LogP contribution in [0, 0.1) is 5.92 Å². The van der Waals surface area contributed by atoms with Crippen molar-refractivity contribution in [1.29, 1.82) is 0 Å². The maximum absolute atomic E-state index is 12.6. The molecule has 0 fully saturated rings. The summed E-state index contributed by atoms with van der Waals surface area (Å²) in [6.45, 7) is 3.96. The highest BCUT2D eigenvalue weighted by atomic mass is 32.2. The molecule has 1 aliphatic carbocycles. The largest absolute Gasteiger partial charge is 0.326 e. The van der Waals surface area contributed by atoms with Crippen molar-refractivity contribution >= 4 is 33.2 Å². The first kappa shape index (κ1) is 23.9. The molecular weight excluding hydrogens is 426 g/mol. The number of nitrogens with one attached hydrogen (secondary N) is 3. The Kier molecular flexibility index (Phi) is 8.04. The summed E-state index contributed by atoms with van der Waals surface area (Å²) in [5, 5.41) is 5.55. The third-order valence-electron chi connectivity index (χ3n) is 5.32. The van der Waals surface area contributed by atoms with Crippen molar-refractivity contribution in [2.24, 2.45) is 5.92 Å². The number of fused-ring (bicyclic) bond motifs is 1. The molecule has 0 bridgehead atoms. The molecule has 172 valence electrons. The Morgan fingerprint density at radius 3 is 2.09 bits per heavy atom. The number of aryl methyl sites for hydroxylation is 2. The van der Waals surface area contributed by atoms with Gasteiger partial charge in [-0.1, -0.05) is 19.9 Å². The van der Waals surface area contributed by atoms with E-state index in [1.807, 2.05) is 19.9 Å². The minimum atomic E-state index is -3.66. The van der Waals surface area contributed by atoms with E-state index >= 15 is 0 Å². The molecule has 0 saturated carbocycles. The molecule has 1 aliphatic rings. The van der Waals surface area contributed by atoms with Gasteiger partial charge >= 0.3 is 0 Å². The lowest BCUT2D eigenvalue weighted by Crippen LogP contribution is -2.28. The molecule has 7 nitrogen and oxygen atoms in total. The molecule has 0 unspecified atom stereocenters. The summed E-state index contributed by atoms with van der Waals surface area (Å²) in [6, 6.07) is 12.1. The molecule has 3 N–H and O–H groups in total. The lowest BCUT2D eigenvalue weighted by molar-refractivity contribution is -0.117. The molecule has 0 aromatic heterocycles. The average molecular weight is 458 g/mol. The fraction of sp³-hybridized carbons (Fsp3) is 0.417. The van der Waals surface area contributed by atoms with Crippen molar-refractivity contribution in [2.75, 3.05) is 17.2 Å². The summed E-state index contributed by atoms with van der Waals surface area (Å²) in [5.74, 6) is -0.0732. The monoisotopic (exact) mass is 457 g/mol. The Morgan fingerprint density at radius 2 is 1.47 bits per heavy atom. The third kappa shape index (κ3) is 6.90. The van der Waals surface area contributed by atoms with Crippen LogP contribution in [0.2, 0.25) is 0 Å². The fourth-order valence-electron chi connectivity index (χ4n) is 3.70. The molecule has 0 atom stereocenters. The first-order valence-corrected chi connectivity index (χ1v) is 12.5. The van der Waals surface area contributed by atoms with E-state index in [0.717, 1.165) is 31.2 Å². The molecule has 0 saturated heterocycles. The van der Waals surface area contributed by atoms with Gasteiger partial charge in [0.1, 0.15) is 0 Å². The van der Waals surface area contributed by atoms with Gasteiger partial charge in [-0.15, -0.1) is 0 Å². The van der Waals surface area contributed by atoms with E-state index in [2.05, 4.69) is 15.4 Å². The number of carbonyl (C=O) groups excluding carboxylic acids is 2. The fourth-order valence-corrected chi connectivity index (χ4v) is 4.78. The van der Waals surface area contributed by atoms with Crippen LogP contribution >= 0.6 is 0 Å². The maximum Gasteiger partial charge on any atom is 0.240 e. The van der Waals surface area contributed by atoms with Crippen LogP contribution in [-0.2, 0) is 32.5 Å². The topological polar surface area (TPSA) is 104 Å². The molecule has 2 aromatic carbocycles. The second-order valence-electron chi connectivity index (χ2n) is 8.56. The van der Waals surface area contributed by atoms with Gasteiger partial charge in [0.2, 0.25) is 21.8 Å². The van der Waals surface area contributed by atoms with Gasteiger partial charge in [-0.05, 0) is 79.1 Å². The van der Waals surface area contributed by atoms with Crippen LogP contribution in [0.25, 0.3) is 0 Å². The van der Waals surface area contributed by atoms with E-state index in [9.17, 15) is 18.0 Å². The Morgan fingerprint density at radius 1 is 0.875 bits per heavy atom. The minimum absolute atomic E-state index is 0.00853. The SMILES string of the molecule is CC(C)CC(=O)Nc1ccc(NC(=O)CCNS(=O)(=O)c2ccc3c(c2)CCCC3)cc1. The minimum Gasteiger partial charge on any atom is -0.326 e. The van der Waals surface area contributed by atoms with Crippen molar-refractivity contribution in [1.82, 2.24) is 4.72 Å². The molecular formula is C24H31N3O4S. The van der Waals surface area contributed by atoms with Crippen molar-refractivity contribution in [3.63, 3.8) is 0 Å². The number of amides is 2. The Bertz CT molecular complexity index is 1060. The molecule has 8 heteroatoms. The van der Waals surface area contributed by atoms with Gasteiger partial charge in [0, 0.05) is 30.8 Å². The summed E-state index contributed by atoms with van der Waals surface area (Å²) < 4.78 is 27.7. The lowest BCUT2D eigenvalue weighted by atomic mass is 9.92. The molecule has 0 spiro atoms. The molecule has 0 aliphatic heterocycles. The smallest absolute Gasteiger partial charge is 0.240 e. The Balaban J connectivity index is 1.47. The predicted octanol–water partition coefficient (Wildman–Crippen LogP) is 3.86. The second-order valence-corrected chi connectivity index (χ2v) is 10.3. The number of anilines is 2. The molecule has 2 aromatic rings. The van der Waals surface area contributed by atoms with Crippen molar-refractivity contribution in [2.45, 2.75) is 57.3 Å². The first-order valence-electron chi connectivity index (χ1n) is 11.0. The van der Waals surface area contributed by atoms with Crippen molar-refractivity contribution in [3.8, 4) is 0 Å². The van der Waals surface area contributed by atoms with E-state index in [-0.39, 0.29) is 35.6 Å². The number of sulfonamides is 1. The number of rotatable bonds is 9. The number of benzene rings is 2. The second kappa shape index (κ2) is 10.7. The predicted molar refractivity (Wildman–Crippen MR) is 126 cm³/mol. The van der Waals surface area contributed by atoms with Crippen LogP contribution in [0.3, 0.4) is 0 Å². The highest BCUT2D eigenvalue weighted by Gasteiger charge is 2.18. The molecule has 3 rings (SSSR count). The summed E-state index contributed by atoms with van der Waals surface area (Å²) >= 11 is 0. The highest BCUT2D eigenvalue weighted by Crippen LogP contribution is 2.24. The van der Waals surface area contributed by atoms with Crippen LogP contribution in [0.15, 0.2) is 47.4 Å². The van der Waals surface area contributed by atoms with Gasteiger partial charge in [-0.3, -0.25) is 9.59 Å². The zero-order valence-electron chi connectivity index (χ0n) is 18.6. The Labute approximate surface area is 190 Å². The quantitative estimate of drug-likeness (QED) is 0.532. The number of carbonyl (C=O) groups is 2. The summed E-state index contributed by atoms with van der Waals surface area (Å²) in [5.41, 5.74) is 3.56. The van der Waals surface area contributed by atoms with Crippen LogP contribution in [0.4, 0.5) is 11.4 Å². The van der Waals surface area contributed by atoms with Gasteiger partial charge in [0.05, 0.1) is 4.90 Å². The van der Waals surface area contributed by atoms with Crippen molar-refractivity contribution in [3.05, 3.63) is 53.6 Å². The standard InChI is InChI=1S/C24H31N3O4S/c1-17(2)15-24(29)27-21-10-8-20(9-11-21)26-23(28)13-14-25-32(30,31)22-12-7-18-5-3-4-6-19(18)16-22/h7-12,16-17,25H,3-6,13-15H2,1-2H3,(H,26,28)(H,27,29). The van der Waals surface area contributed by atoms with Gasteiger partial charge in [0.15, 0.2) is 0 Å². The van der Waals surface area contributed by atoms with E-state index < -0.39 is 10.0 Å². The number of hydrogen-bond acceptors (Lipinski definition) is 4. The van der Waals surface area contributed by atoms with Gasteiger partial charge < -0.3 is 10.6 Å².